The first kappa shape index (κ1) is 11.2. The summed E-state index contributed by atoms with van der Waals surface area (Å²) in [5.41, 5.74) is 8.26. The third-order valence-electron chi connectivity index (χ3n) is 2.86. The maximum absolute atomic E-state index is 11.0. The van der Waals surface area contributed by atoms with E-state index in [1.54, 1.807) is 36.4 Å². The number of hydrogen-bond donors (Lipinski definition) is 2. The van der Waals surface area contributed by atoms with E-state index in [4.69, 9.17) is 5.73 Å². The number of aromatic nitrogens is 2. The molecule has 0 spiro atoms. The second kappa shape index (κ2) is 4.09. The summed E-state index contributed by atoms with van der Waals surface area (Å²) in [6.45, 7) is 0. The maximum atomic E-state index is 11.0. The van der Waals surface area contributed by atoms with Gasteiger partial charge in [0, 0.05) is 11.8 Å². The van der Waals surface area contributed by atoms with Crippen LogP contribution in [0.3, 0.4) is 0 Å². The number of imidazole rings is 1. The third kappa shape index (κ3) is 1.89. The quantitative estimate of drug-likeness (QED) is 0.417. The molecule has 3 rings (SSSR count). The lowest BCUT2D eigenvalue weighted by molar-refractivity contribution is -0.384. The van der Waals surface area contributed by atoms with Crippen molar-refractivity contribution in [3.8, 4) is 11.4 Å². The molecule has 0 atom stereocenters. The van der Waals surface area contributed by atoms with Crippen LogP contribution in [0.25, 0.3) is 22.4 Å². The van der Waals surface area contributed by atoms with Gasteiger partial charge in [-0.3, -0.25) is 10.1 Å². The molecule has 0 saturated carbocycles. The molecule has 0 radical (unpaired) electrons. The van der Waals surface area contributed by atoms with Crippen molar-refractivity contribution in [1.29, 1.82) is 0 Å². The lowest BCUT2D eigenvalue weighted by Gasteiger charge is -1.98. The number of aromatic amines is 1. The predicted octanol–water partition coefficient (Wildman–Crippen LogP) is 2.72. The number of nitrogen functional groups attached to an aromatic ring is 1. The highest BCUT2D eigenvalue weighted by atomic mass is 16.6. The van der Waals surface area contributed by atoms with Gasteiger partial charge in [-0.2, -0.15) is 0 Å². The van der Waals surface area contributed by atoms with E-state index in [2.05, 4.69) is 9.97 Å². The highest BCUT2D eigenvalue weighted by Gasteiger charge is 2.17. The molecule has 3 N–H and O–H groups in total. The number of fused-ring (bicyclic) bond motifs is 1. The zero-order valence-electron chi connectivity index (χ0n) is 9.83. The number of nitrogens with zero attached hydrogens (tertiary/aromatic N) is 2. The Morgan fingerprint density at radius 3 is 2.79 bits per heavy atom. The van der Waals surface area contributed by atoms with Gasteiger partial charge in [-0.15, -0.1) is 0 Å². The molecule has 0 aliphatic carbocycles. The van der Waals surface area contributed by atoms with Gasteiger partial charge in [-0.05, 0) is 24.3 Å². The first-order valence-corrected chi connectivity index (χ1v) is 5.64. The Balaban J connectivity index is 2.22. The highest BCUT2D eigenvalue weighted by Crippen LogP contribution is 2.29. The monoisotopic (exact) mass is 254 g/mol. The number of hydrogen-bond acceptors (Lipinski definition) is 4. The van der Waals surface area contributed by atoms with Crippen LogP contribution >= 0.6 is 0 Å². The molecule has 0 aliphatic rings. The summed E-state index contributed by atoms with van der Waals surface area (Å²) in [4.78, 5) is 18.0. The molecule has 19 heavy (non-hydrogen) atoms. The Morgan fingerprint density at radius 2 is 2.00 bits per heavy atom. The van der Waals surface area contributed by atoms with Gasteiger partial charge in [-0.1, -0.05) is 12.1 Å². The molecule has 0 fully saturated rings. The van der Waals surface area contributed by atoms with Crippen molar-refractivity contribution in [2.45, 2.75) is 0 Å². The first-order chi connectivity index (χ1) is 9.15. The fourth-order valence-electron chi connectivity index (χ4n) is 1.98. The number of benzene rings is 2. The van der Waals surface area contributed by atoms with Gasteiger partial charge in [0.05, 0.1) is 21.5 Å². The molecular formula is C13H10N4O2. The minimum Gasteiger partial charge on any atom is -0.399 e. The van der Waals surface area contributed by atoms with Gasteiger partial charge in [-0.25, -0.2) is 4.98 Å². The van der Waals surface area contributed by atoms with Crippen molar-refractivity contribution < 1.29 is 4.92 Å². The molecule has 0 bridgehead atoms. The molecule has 0 amide bonds. The number of nitrogens with two attached hydrogens (primary N) is 1. The summed E-state index contributed by atoms with van der Waals surface area (Å²) in [6.07, 6.45) is 0. The van der Waals surface area contributed by atoms with E-state index in [1.165, 1.54) is 6.07 Å². The van der Waals surface area contributed by atoms with E-state index in [1.807, 2.05) is 0 Å². The van der Waals surface area contributed by atoms with Gasteiger partial charge in [0.1, 0.15) is 5.82 Å². The first-order valence-electron chi connectivity index (χ1n) is 5.64. The van der Waals surface area contributed by atoms with E-state index in [9.17, 15) is 10.1 Å². The topological polar surface area (TPSA) is 97.8 Å². The summed E-state index contributed by atoms with van der Waals surface area (Å²) in [5.74, 6) is 0.466. The molecule has 1 heterocycles. The maximum Gasteiger partial charge on any atom is 0.280 e. The Bertz CT molecular complexity index is 779. The van der Waals surface area contributed by atoms with E-state index in [0.717, 1.165) is 5.52 Å². The van der Waals surface area contributed by atoms with Gasteiger partial charge in [0.25, 0.3) is 5.69 Å². The van der Waals surface area contributed by atoms with Crippen LogP contribution in [0.4, 0.5) is 11.4 Å². The van der Waals surface area contributed by atoms with Crippen LogP contribution in [0.15, 0.2) is 42.5 Å². The molecule has 1 aromatic heterocycles. The summed E-state index contributed by atoms with van der Waals surface area (Å²) in [5, 5.41) is 11.0. The molecule has 2 aromatic carbocycles. The van der Waals surface area contributed by atoms with Gasteiger partial charge >= 0.3 is 0 Å². The standard InChI is InChI=1S/C13H10N4O2/c14-8-5-6-10-11(7-8)16-13(15-10)9-3-1-2-4-12(9)17(18)19/h1-7H,14H2,(H,15,16). The average molecular weight is 254 g/mol. The number of anilines is 1. The fraction of sp³-hybridized carbons (Fsp3) is 0. The number of H-pyrrole nitrogens is 1. The van der Waals surface area contributed by atoms with E-state index in [0.29, 0.717) is 22.6 Å². The van der Waals surface area contributed by atoms with Crippen LogP contribution in [0, 0.1) is 10.1 Å². The van der Waals surface area contributed by atoms with E-state index < -0.39 is 4.92 Å². The third-order valence-corrected chi connectivity index (χ3v) is 2.86. The number of nitro groups is 1. The van der Waals surface area contributed by atoms with Crippen LogP contribution in [-0.2, 0) is 0 Å². The van der Waals surface area contributed by atoms with Crippen molar-refractivity contribution in [2.24, 2.45) is 0 Å². The lowest BCUT2D eigenvalue weighted by atomic mass is 10.2. The summed E-state index contributed by atoms with van der Waals surface area (Å²) in [7, 11) is 0. The van der Waals surface area contributed by atoms with E-state index >= 15 is 0 Å². The summed E-state index contributed by atoms with van der Waals surface area (Å²) >= 11 is 0. The molecular weight excluding hydrogens is 244 g/mol. The van der Waals surface area contributed by atoms with Gasteiger partial charge < -0.3 is 10.7 Å². The molecule has 6 heteroatoms. The second-order valence-electron chi connectivity index (χ2n) is 4.14. The predicted molar refractivity (Wildman–Crippen MR) is 72.6 cm³/mol. The zero-order valence-corrected chi connectivity index (χ0v) is 9.83. The average Bonchev–Trinajstić information content (AvgIpc) is 2.81. The zero-order chi connectivity index (χ0) is 13.4. The number of nitrogens with one attached hydrogen (secondary N) is 1. The van der Waals surface area contributed by atoms with Crippen LogP contribution in [0.1, 0.15) is 0 Å². The van der Waals surface area contributed by atoms with Crippen LogP contribution in [0.2, 0.25) is 0 Å². The van der Waals surface area contributed by atoms with Gasteiger partial charge in [0.2, 0.25) is 0 Å². The molecule has 6 nitrogen and oxygen atoms in total. The van der Waals surface area contributed by atoms with Crippen LogP contribution < -0.4 is 5.73 Å². The highest BCUT2D eigenvalue weighted by molar-refractivity contribution is 5.83. The largest absolute Gasteiger partial charge is 0.399 e. The van der Waals surface area contributed by atoms with Crippen molar-refractivity contribution >= 4 is 22.4 Å². The Labute approximate surface area is 108 Å². The van der Waals surface area contributed by atoms with Crippen molar-refractivity contribution in [1.82, 2.24) is 9.97 Å². The summed E-state index contributed by atoms with van der Waals surface area (Å²) in [6, 6.07) is 11.8. The van der Waals surface area contributed by atoms with Crippen LogP contribution in [0.5, 0.6) is 0 Å². The SMILES string of the molecule is Nc1ccc2[nH]c(-c3ccccc3[N+](=O)[O-])nc2c1. The van der Waals surface area contributed by atoms with Crippen molar-refractivity contribution in [3.63, 3.8) is 0 Å². The second-order valence-corrected chi connectivity index (χ2v) is 4.14. The summed E-state index contributed by atoms with van der Waals surface area (Å²) < 4.78 is 0. The molecule has 0 aliphatic heterocycles. The normalized spacial score (nSPS) is 10.7. The lowest BCUT2D eigenvalue weighted by Crippen LogP contribution is -1.92. The molecule has 0 unspecified atom stereocenters. The Hall–Kier alpha value is -2.89. The number of para-hydroxylation sites is 1. The van der Waals surface area contributed by atoms with E-state index in [-0.39, 0.29) is 5.69 Å². The van der Waals surface area contributed by atoms with Crippen LogP contribution in [-0.4, -0.2) is 14.9 Å². The molecule has 0 saturated heterocycles. The van der Waals surface area contributed by atoms with Crippen molar-refractivity contribution in [2.75, 3.05) is 5.73 Å². The minimum absolute atomic E-state index is 0.0227. The van der Waals surface area contributed by atoms with Gasteiger partial charge in [0.15, 0.2) is 0 Å². The smallest absolute Gasteiger partial charge is 0.280 e. The number of rotatable bonds is 2. The molecule has 94 valence electrons. The Morgan fingerprint density at radius 1 is 1.21 bits per heavy atom. The molecule has 3 aromatic rings. The Kier molecular flexibility index (Phi) is 2.42. The minimum atomic E-state index is -0.420. The fourth-order valence-corrected chi connectivity index (χ4v) is 1.98. The van der Waals surface area contributed by atoms with Crippen molar-refractivity contribution in [3.05, 3.63) is 52.6 Å². The number of nitro benzene ring substituents is 1.